The van der Waals surface area contributed by atoms with Crippen LogP contribution in [0, 0.1) is 0 Å². The summed E-state index contributed by atoms with van der Waals surface area (Å²) in [5.41, 5.74) is 3.11. The lowest BCUT2D eigenvalue weighted by Crippen LogP contribution is -2.27. The molecule has 104 valence electrons. The highest BCUT2D eigenvalue weighted by molar-refractivity contribution is 7.09. The highest BCUT2D eigenvalue weighted by atomic mass is 32.1. The summed E-state index contributed by atoms with van der Waals surface area (Å²) < 4.78 is 0. The summed E-state index contributed by atoms with van der Waals surface area (Å²) >= 11 is 1.62. The molecule has 2 N–H and O–H groups in total. The van der Waals surface area contributed by atoms with Gasteiger partial charge < -0.3 is 10.6 Å². The molecular formula is C15H17N3OS. The van der Waals surface area contributed by atoms with Crippen LogP contribution in [0.4, 0.5) is 5.69 Å². The molecular weight excluding hydrogens is 270 g/mol. The highest BCUT2D eigenvalue weighted by Crippen LogP contribution is 2.23. The van der Waals surface area contributed by atoms with Gasteiger partial charge >= 0.3 is 0 Å². The number of benzene rings is 1. The quantitative estimate of drug-likeness (QED) is 0.909. The molecule has 1 aliphatic heterocycles. The van der Waals surface area contributed by atoms with E-state index in [1.807, 2.05) is 23.6 Å². The molecule has 0 spiro atoms. The van der Waals surface area contributed by atoms with Gasteiger partial charge in [-0.25, -0.2) is 4.98 Å². The molecule has 1 unspecified atom stereocenters. The predicted molar refractivity (Wildman–Crippen MR) is 81.5 cm³/mol. The highest BCUT2D eigenvalue weighted by Gasteiger charge is 2.14. The molecule has 0 radical (unpaired) electrons. The maximum absolute atomic E-state index is 12.2. The largest absolute Gasteiger partial charge is 0.384 e. The Kier molecular flexibility index (Phi) is 3.69. The first-order valence-corrected chi connectivity index (χ1v) is 7.66. The van der Waals surface area contributed by atoms with E-state index in [0.717, 1.165) is 29.2 Å². The van der Waals surface area contributed by atoms with Gasteiger partial charge in [-0.3, -0.25) is 4.79 Å². The maximum atomic E-state index is 12.2. The molecule has 0 fully saturated rings. The summed E-state index contributed by atoms with van der Waals surface area (Å²) in [5.74, 6) is 0.234. The third-order valence-corrected chi connectivity index (χ3v) is 4.53. The number of nitrogens with one attached hydrogen (secondary N) is 2. The Morgan fingerprint density at radius 2 is 2.45 bits per heavy atom. The number of nitrogens with zero attached hydrogens (tertiary/aromatic N) is 1. The monoisotopic (exact) mass is 287 g/mol. The van der Waals surface area contributed by atoms with Gasteiger partial charge in [0.1, 0.15) is 0 Å². The first-order valence-electron chi connectivity index (χ1n) is 6.78. The van der Waals surface area contributed by atoms with Crippen LogP contribution in [0.25, 0.3) is 0 Å². The minimum Gasteiger partial charge on any atom is -0.384 e. The Balaban J connectivity index is 1.62. The normalized spacial score (nSPS) is 14.4. The molecule has 0 bridgehead atoms. The average molecular weight is 287 g/mol. The van der Waals surface area contributed by atoms with Gasteiger partial charge in [-0.1, -0.05) is 6.92 Å². The van der Waals surface area contributed by atoms with Gasteiger partial charge in [0.15, 0.2) is 0 Å². The Bertz CT molecular complexity index is 610. The Labute approximate surface area is 122 Å². The lowest BCUT2D eigenvalue weighted by atomic mass is 10.1. The summed E-state index contributed by atoms with van der Waals surface area (Å²) in [6, 6.07) is 5.85. The summed E-state index contributed by atoms with van der Waals surface area (Å²) in [7, 11) is 0. The van der Waals surface area contributed by atoms with E-state index in [2.05, 4.69) is 22.5 Å². The van der Waals surface area contributed by atoms with Crippen molar-refractivity contribution in [1.82, 2.24) is 10.3 Å². The average Bonchev–Trinajstić information content (AvgIpc) is 3.13. The van der Waals surface area contributed by atoms with Gasteiger partial charge in [-0.2, -0.15) is 0 Å². The van der Waals surface area contributed by atoms with Crippen molar-refractivity contribution in [3.63, 3.8) is 0 Å². The van der Waals surface area contributed by atoms with E-state index < -0.39 is 0 Å². The van der Waals surface area contributed by atoms with Crippen LogP contribution < -0.4 is 10.6 Å². The Morgan fingerprint density at radius 3 is 3.25 bits per heavy atom. The first kappa shape index (κ1) is 13.1. The van der Waals surface area contributed by atoms with Crippen molar-refractivity contribution in [2.24, 2.45) is 0 Å². The summed E-state index contributed by atoms with van der Waals surface area (Å²) in [6.07, 6.45) is 2.79. The van der Waals surface area contributed by atoms with E-state index in [1.165, 1.54) is 5.56 Å². The van der Waals surface area contributed by atoms with E-state index in [0.29, 0.717) is 6.54 Å². The fraction of sp³-hybridized carbons (Fsp3) is 0.333. The molecule has 5 heteroatoms. The molecule has 1 atom stereocenters. The van der Waals surface area contributed by atoms with Crippen molar-refractivity contribution >= 4 is 22.9 Å². The second-order valence-electron chi connectivity index (χ2n) is 5.03. The van der Waals surface area contributed by atoms with E-state index >= 15 is 0 Å². The summed E-state index contributed by atoms with van der Waals surface area (Å²) in [6.45, 7) is 3.65. The molecule has 1 aliphatic rings. The number of thiazole rings is 1. The standard InChI is InChI=1S/C15H17N3OS/c1-10(15-17-6-7-20-15)9-18-14(19)12-2-3-13-11(8-12)4-5-16-13/h2-3,6-8,10,16H,4-5,9H2,1H3,(H,18,19). The zero-order valence-corrected chi connectivity index (χ0v) is 12.2. The third-order valence-electron chi connectivity index (χ3n) is 3.52. The number of carbonyl (C=O) groups is 1. The van der Waals surface area contributed by atoms with E-state index in [9.17, 15) is 4.79 Å². The number of anilines is 1. The zero-order valence-electron chi connectivity index (χ0n) is 11.3. The van der Waals surface area contributed by atoms with Crippen LogP contribution in [0.3, 0.4) is 0 Å². The van der Waals surface area contributed by atoms with Crippen molar-refractivity contribution in [2.45, 2.75) is 19.3 Å². The van der Waals surface area contributed by atoms with Crippen LogP contribution in [-0.4, -0.2) is 24.0 Å². The number of carbonyl (C=O) groups excluding carboxylic acids is 1. The van der Waals surface area contributed by atoms with Crippen molar-refractivity contribution in [2.75, 3.05) is 18.4 Å². The molecule has 1 aromatic carbocycles. The number of rotatable bonds is 4. The Hall–Kier alpha value is -1.88. The van der Waals surface area contributed by atoms with E-state index in [1.54, 1.807) is 17.5 Å². The van der Waals surface area contributed by atoms with Crippen LogP contribution >= 0.6 is 11.3 Å². The van der Waals surface area contributed by atoms with Crippen LogP contribution in [-0.2, 0) is 6.42 Å². The number of amides is 1. The smallest absolute Gasteiger partial charge is 0.251 e. The fourth-order valence-electron chi connectivity index (χ4n) is 2.36. The minimum absolute atomic E-state index is 0.0110. The second-order valence-corrected chi connectivity index (χ2v) is 5.96. The van der Waals surface area contributed by atoms with Crippen molar-refractivity contribution < 1.29 is 4.79 Å². The van der Waals surface area contributed by atoms with Gasteiger partial charge in [0, 0.05) is 41.8 Å². The number of fused-ring (bicyclic) bond motifs is 1. The molecule has 1 amide bonds. The molecule has 0 aliphatic carbocycles. The van der Waals surface area contributed by atoms with Gasteiger partial charge in [-0.05, 0) is 30.2 Å². The van der Waals surface area contributed by atoms with Crippen molar-refractivity contribution in [3.8, 4) is 0 Å². The molecule has 0 saturated carbocycles. The van der Waals surface area contributed by atoms with E-state index in [4.69, 9.17) is 0 Å². The molecule has 2 aromatic rings. The predicted octanol–water partition coefficient (Wildman–Crippen LogP) is 2.64. The van der Waals surface area contributed by atoms with Gasteiger partial charge in [0.2, 0.25) is 0 Å². The molecule has 2 heterocycles. The van der Waals surface area contributed by atoms with Crippen molar-refractivity contribution in [3.05, 3.63) is 45.9 Å². The van der Waals surface area contributed by atoms with Gasteiger partial charge in [-0.15, -0.1) is 11.3 Å². The first-order chi connectivity index (χ1) is 9.74. The van der Waals surface area contributed by atoms with Gasteiger partial charge in [0.25, 0.3) is 5.91 Å². The fourth-order valence-corrected chi connectivity index (χ4v) is 3.06. The number of hydrogen-bond donors (Lipinski definition) is 2. The maximum Gasteiger partial charge on any atom is 0.251 e. The molecule has 3 rings (SSSR count). The number of hydrogen-bond acceptors (Lipinski definition) is 4. The van der Waals surface area contributed by atoms with Crippen LogP contribution in [0.1, 0.15) is 33.8 Å². The lowest BCUT2D eigenvalue weighted by Gasteiger charge is -2.10. The van der Waals surface area contributed by atoms with Crippen LogP contribution in [0.5, 0.6) is 0 Å². The van der Waals surface area contributed by atoms with Crippen LogP contribution in [0.15, 0.2) is 29.8 Å². The number of aromatic nitrogens is 1. The lowest BCUT2D eigenvalue weighted by molar-refractivity contribution is 0.0951. The Morgan fingerprint density at radius 1 is 1.55 bits per heavy atom. The molecule has 1 aromatic heterocycles. The topological polar surface area (TPSA) is 54.0 Å². The SMILES string of the molecule is CC(CNC(=O)c1ccc2c(c1)CCN2)c1nccs1. The molecule has 0 saturated heterocycles. The zero-order chi connectivity index (χ0) is 13.9. The third kappa shape index (κ3) is 2.67. The van der Waals surface area contributed by atoms with E-state index in [-0.39, 0.29) is 11.8 Å². The van der Waals surface area contributed by atoms with Gasteiger partial charge in [0.05, 0.1) is 5.01 Å². The molecule has 4 nitrogen and oxygen atoms in total. The van der Waals surface area contributed by atoms with Crippen molar-refractivity contribution in [1.29, 1.82) is 0 Å². The van der Waals surface area contributed by atoms with Crippen LogP contribution in [0.2, 0.25) is 0 Å². The summed E-state index contributed by atoms with van der Waals surface area (Å²) in [4.78, 5) is 16.4. The second kappa shape index (κ2) is 5.63. The summed E-state index contributed by atoms with van der Waals surface area (Å²) in [5, 5.41) is 9.30. The minimum atomic E-state index is -0.0110. The molecule has 20 heavy (non-hydrogen) atoms.